The van der Waals surface area contributed by atoms with Gasteiger partial charge in [-0.2, -0.15) is 0 Å². The second-order valence-corrected chi connectivity index (χ2v) is 6.03. The summed E-state index contributed by atoms with van der Waals surface area (Å²) < 4.78 is 0. The van der Waals surface area contributed by atoms with Crippen LogP contribution in [0.15, 0.2) is 60.7 Å². The summed E-state index contributed by atoms with van der Waals surface area (Å²) in [6, 6.07) is 18.6. The van der Waals surface area contributed by atoms with Crippen molar-refractivity contribution in [1.29, 1.82) is 0 Å². The summed E-state index contributed by atoms with van der Waals surface area (Å²) in [6.07, 6.45) is 0.302. The molecular formula is C19H17ClN4O. The van der Waals surface area contributed by atoms with E-state index in [1.54, 1.807) is 24.3 Å². The molecule has 3 rings (SSSR count). The third kappa shape index (κ3) is 4.78. The molecule has 1 heterocycles. The predicted molar refractivity (Wildman–Crippen MR) is 100 cm³/mol. The summed E-state index contributed by atoms with van der Waals surface area (Å²) in [4.78, 5) is 12.1. The minimum Gasteiger partial charge on any atom is -0.339 e. The highest BCUT2D eigenvalue weighted by atomic mass is 35.5. The Bertz CT molecular complexity index is 881. The third-order valence-corrected chi connectivity index (χ3v) is 3.88. The van der Waals surface area contributed by atoms with E-state index >= 15 is 0 Å². The molecule has 1 amide bonds. The van der Waals surface area contributed by atoms with Crippen molar-refractivity contribution in [1.82, 2.24) is 10.2 Å². The monoisotopic (exact) mass is 352 g/mol. The summed E-state index contributed by atoms with van der Waals surface area (Å²) in [5.74, 6) is 0.855. The molecule has 3 aromatic rings. The van der Waals surface area contributed by atoms with Gasteiger partial charge in [0.25, 0.3) is 0 Å². The first-order valence-electron chi connectivity index (χ1n) is 7.81. The van der Waals surface area contributed by atoms with E-state index in [-0.39, 0.29) is 5.91 Å². The number of nitrogens with zero attached hydrogens (tertiary/aromatic N) is 2. The molecule has 126 valence electrons. The van der Waals surface area contributed by atoms with Crippen LogP contribution in [0.3, 0.4) is 0 Å². The van der Waals surface area contributed by atoms with Crippen molar-refractivity contribution in [3.63, 3.8) is 0 Å². The lowest BCUT2D eigenvalue weighted by atomic mass is 10.1. The fourth-order valence-corrected chi connectivity index (χ4v) is 2.54. The highest BCUT2D eigenvalue weighted by Gasteiger charge is 2.07. The molecule has 6 heteroatoms. The molecule has 0 saturated carbocycles. The minimum absolute atomic E-state index is 0.126. The summed E-state index contributed by atoms with van der Waals surface area (Å²) in [6.45, 7) is 1.98. The molecule has 0 aliphatic carbocycles. The zero-order valence-corrected chi connectivity index (χ0v) is 14.4. The molecule has 0 unspecified atom stereocenters. The summed E-state index contributed by atoms with van der Waals surface area (Å²) in [5.41, 5.74) is 2.90. The fraction of sp³-hybridized carbons (Fsp3) is 0.105. The van der Waals surface area contributed by atoms with Crippen molar-refractivity contribution in [3.8, 4) is 0 Å². The highest BCUT2D eigenvalue weighted by molar-refractivity contribution is 6.30. The van der Waals surface area contributed by atoms with Gasteiger partial charge in [0.2, 0.25) is 5.91 Å². The van der Waals surface area contributed by atoms with Gasteiger partial charge < -0.3 is 10.6 Å². The van der Waals surface area contributed by atoms with Gasteiger partial charge in [-0.1, -0.05) is 41.9 Å². The van der Waals surface area contributed by atoms with E-state index in [9.17, 15) is 4.79 Å². The van der Waals surface area contributed by atoms with Crippen molar-refractivity contribution in [2.45, 2.75) is 13.3 Å². The van der Waals surface area contributed by atoms with Gasteiger partial charge in [-0.25, -0.2) is 0 Å². The van der Waals surface area contributed by atoms with Gasteiger partial charge in [-0.3, -0.25) is 4.79 Å². The normalized spacial score (nSPS) is 10.3. The van der Waals surface area contributed by atoms with E-state index in [2.05, 4.69) is 20.8 Å². The summed E-state index contributed by atoms with van der Waals surface area (Å²) in [5, 5.41) is 14.6. The Balaban J connectivity index is 1.60. The second kappa shape index (κ2) is 7.77. The van der Waals surface area contributed by atoms with E-state index in [4.69, 9.17) is 11.6 Å². The Morgan fingerprint density at radius 3 is 2.48 bits per heavy atom. The van der Waals surface area contributed by atoms with Crippen LogP contribution in [-0.4, -0.2) is 16.1 Å². The van der Waals surface area contributed by atoms with Crippen LogP contribution in [-0.2, 0) is 11.2 Å². The number of aromatic nitrogens is 2. The molecule has 0 fully saturated rings. The first kappa shape index (κ1) is 16.9. The van der Waals surface area contributed by atoms with Gasteiger partial charge in [0.1, 0.15) is 0 Å². The number of carbonyl (C=O) groups is 1. The van der Waals surface area contributed by atoms with Crippen LogP contribution in [0, 0.1) is 6.92 Å². The first-order valence-corrected chi connectivity index (χ1v) is 8.18. The molecule has 25 heavy (non-hydrogen) atoms. The maximum Gasteiger partial charge on any atom is 0.230 e. The average Bonchev–Trinajstić information content (AvgIpc) is 2.59. The molecule has 0 saturated heterocycles. The lowest BCUT2D eigenvalue weighted by molar-refractivity contribution is -0.115. The van der Waals surface area contributed by atoms with Crippen LogP contribution >= 0.6 is 11.6 Å². The van der Waals surface area contributed by atoms with Crippen LogP contribution in [0.25, 0.3) is 0 Å². The number of anilines is 3. The molecule has 5 nitrogen and oxygen atoms in total. The van der Waals surface area contributed by atoms with Crippen LogP contribution in [0.1, 0.15) is 11.1 Å². The Hall–Kier alpha value is -2.92. The number of amides is 1. The Labute approximate surface area is 151 Å². The Morgan fingerprint density at radius 1 is 1.00 bits per heavy atom. The van der Waals surface area contributed by atoms with Crippen LogP contribution < -0.4 is 10.6 Å². The molecule has 0 aliphatic rings. The lowest BCUT2D eigenvalue weighted by Crippen LogP contribution is -2.16. The van der Waals surface area contributed by atoms with Gasteiger partial charge in [0.05, 0.1) is 6.42 Å². The first-order chi connectivity index (χ1) is 12.1. The topological polar surface area (TPSA) is 66.9 Å². The smallest absolute Gasteiger partial charge is 0.230 e. The van der Waals surface area contributed by atoms with E-state index in [0.29, 0.717) is 23.1 Å². The van der Waals surface area contributed by atoms with Gasteiger partial charge in [0, 0.05) is 10.7 Å². The minimum atomic E-state index is -0.126. The number of carbonyl (C=O) groups excluding carboxylic acids is 1. The number of hydrogen-bond acceptors (Lipinski definition) is 4. The standard InChI is InChI=1S/C19H17ClN4O/c1-13-5-2-3-6-14(13)11-19(25)22-18-10-9-17(23-24-18)21-16-8-4-7-15(20)12-16/h2-10,12H,11H2,1H3,(H,21,23)(H,22,24,25). The van der Waals surface area contributed by atoms with Gasteiger partial charge in [-0.05, 0) is 48.4 Å². The number of hydrogen-bond donors (Lipinski definition) is 2. The van der Waals surface area contributed by atoms with Gasteiger partial charge in [-0.15, -0.1) is 10.2 Å². The van der Waals surface area contributed by atoms with E-state index in [1.165, 1.54) is 0 Å². The van der Waals surface area contributed by atoms with Crippen molar-refractivity contribution in [3.05, 3.63) is 76.8 Å². The molecular weight excluding hydrogens is 336 g/mol. The summed E-state index contributed by atoms with van der Waals surface area (Å²) in [7, 11) is 0. The number of nitrogens with one attached hydrogen (secondary N) is 2. The number of halogens is 1. The molecule has 0 aliphatic heterocycles. The van der Waals surface area contributed by atoms with E-state index in [0.717, 1.165) is 16.8 Å². The number of aryl methyl sites for hydroxylation is 1. The number of rotatable bonds is 5. The van der Waals surface area contributed by atoms with E-state index < -0.39 is 0 Å². The molecule has 0 radical (unpaired) electrons. The van der Waals surface area contributed by atoms with E-state index in [1.807, 2.05) is 43.3 Å². The lowest BCUT2D eigenvalue weighted by Gasteiger charge is -2.08. The van der Waals surface area contributed by atoms with Crippen LogP contribution in [0.5, 0.6) is 0 Å². The Kier molecular flexibility index (Phi) is 5.26. The largest absolute Gasteiger partial charge is 0.339 e. The molecule has 0 spiro atoms. The Morgan fingerprint density at radius 2 is 1.76 bits per heavy atom. The highest BCUT2D eigenvalue weighted by Crippen LogP contribution is 2.19. The number of benzene rings is 2. The second-order valence-electron chi connectivity index (χ2n) is 5.59. The maximum absolute atomic E-state index is 12.1. The zero-order valence-electron chi connectivity index (χ0n) is 13.7. The van der Waals surface area contributed by atoms with Crippen molar-refractivity contribution >= 4 is 34.8 Å². The van der Waals surface area contributed by atoms with Crippen molar-refractivity contribution in [2.24, 2.45) is 0 Å². The summed E-state index contributed by atoms with van der Waals surface area (Å²) >= 11 is 5.95. The van der Waals surface area contributed by atoms with Crippen LogP contribution in [0.4, 0.5) is 17.3 Å². The third-order valence-electron chi connectivity index (χ3n) is 3.64. The molecule has 0 bridgehead atoms. The molecule has 2 aromatic carbocycles. The average molecular weight is 353 g/mol. The SMILES string of the molecule is Cc1ccccc1CC(=O)Nc1ccc(Nc2cccc(Cl)c2)nn1. The molecule has 2 N–H and O–H groups in total. The molecule has 1 aromatic heterocycles. The quantitative estimate of drug-likeness (QED) is 0.715. The maximum atomic E-state index is 12.1. The van der Waals surface area contributed by atoms with Crippen molar-refractivity contribution < 1.29 is 4.79 Å². The van der Waals surface area contributed by atoms with Crippen molar-refractivity contribution in [2.75, 3.05) is 10.6 Å². The van der Waals surface area contributed by atoms with Gasteiger partial charge >= 0.3 is 0 Å². The van der Waals surface area contributed by atoms with Gasteiger partial charge in [0.15, 0.2) is 11.6 Å². The van der Waals surface area contributed by atoms with Crippen LogP contribution in [0.2, 0.25) is 5.02 Å². The predicted octanol–water partition coefficient (Wildman–Crippen LogP) is 4.36. The zero-order chi connectivity index (χ0) is 17.6. The fourth-order valence-electron chi connectivity index (χ4n) is 2.35. The molecule has 0 atom stereocenters.